The smallest absolute Gasteiger partial charge is 0.0593 e. The molecule has 1 N–H and O–H groups in total. The molecule has 0 fully saturated rings. The molecule has 1 heteroatoms. The molecule has 0 radical (unpaired) electrons. The van der Waals surface area contributed by atoms with Crippen molar-refractivity contribution in [1.82, 2.24) is 0 Å². The Kier molecular flexibility index (Phi) is 3.13. The van der Waals surface area contributed by atoms with Crippen LogP contribution in [0.2, 0.25) is 0 Å². The zero-order chi connectivity index (χ0) is 9.28. The molecule has 0 aromatic rings. The van der Waals surface area contributed by atoms with Crippen molar-refractivity contribution in [3.8, 4) is 0 Å². The summed E-state index contributed by atoms with van der Waals surface area (Å²) in [6.45, 7) is 12.7. The fourth-order valence-electron chi connectivity index (χ4n) is 0.886. The maximum Gasteiger partial charge on any atom is 0.0593 e. The van der Waals surface area contributed by atoms with Crippen LogP contribution in [0.25, 0.3) is 0 Å². The molecule has 0 aliphatic rings. The Bertz CT molecular complexity index is 114. The quantitative estimate of drug-likeness (QED) is 0.622. The van der Waals surface area contributed by atoms with Gasteiger partial charge in [0, 0.05) is 0 Å². The maximum absolute atomic E-state index is 9.72. The van der Waals surface area contributed by atoms with Crippen molar-refractivity contribution in [3.05, 3.63) is 0 Å². The van der Waals surface area contributed by atoms with E-state index in [0.29, 0.717) is 0 Å². The minimum atomic E-state index is -0.192. The van der Waals surface area contributed by atoms with Crippen molar-refractivity contribution in [2.75, 3.05) is 0 Å². The molecule has 0 saturated carbocycles. The van der Waals surface area contributed by atoms with Gasteiger partial charge in [-0.25, -0.2) is 0 Å². The van der Waals surface area contributed by atoms with Crippen LogP contribution in [0, 0.1) is 10.8 Å². The van der Waals surface area contributed by atoms with Gasteiger partial charge in [-0.1, -0.05) is 41.5 Å². The first kappa shape index (κ1) is 11.0. The Morgan fingerprint density at radius 2 is 1.36 bits per heavy atom. The van der Waals surface area contributed by atoms with Crippen molar-refractivity contribution in [2.24, 2.45) is 10.8 Å². The van der Waals surface area contributed by atoms with E-state index in [1.54, 1.807) is 0 Å². The Hall–Kier alpha value is -0.0400. The van der Waals surface area contributed by atoms with Gasteiger partial charge < -0.3 is 5.11 Å². The van der Waals surface area contributed by atoms with Crippen molar-refractivity contribution in [3.63, 3.8) is 0 Å². The van der Waals surface area contributed by atoms with E-state index in [2.05, 4.69) is 41.5 Å². The molecule has 0 unspecified atom stereocenters. The van der Waals surface area contributed by atoms with Crippen LogP contribution in [0.15, 0.2) is 0 Å². The lowest BCUT2D eigenvalue weighted by Crippen LogP contribution is -2.30. The molecule has 1 atom stereocenters. The Labute approximate surface area is 70.8 Å². The van der Waals surface area contributed by atoms with Crippen LogP contribution in [0.1, 0.15) is 48.0 Å². The first-order valence-electron chi connectivity index (χ1n) is 4.31. The molecule has 11 heavy (non-hydrogen) atoms. The van der Waals surface area contributed by atoms with Gasteiger partial charge in [0.05, 0.1) is 6.10 Å². The topological polar surface area (TPSA) is 20.2 Å². The van der Waals surface area contributed by atoms with Gasteiger partial charge in [0.2, 0.25) is 0 Å². The molecule has 0 aromatic carbocycles. The van der Waals surface area contributed by atoms with Crippen molar-refractivity contribution >= 4 is 0 Å². The maximum atomic E-state index is 9.72. The van der Waals surface area contributed by atoms with Crippen LogP contribution in [0.5, 0.6) is 0 Å². The highest BCUT2D eigenvalue weighted by atomic mass is 16.3. The number of aliphatic hydroxyl groups is 1. The Morgan fingerprint density at radius 1 is 1.00 bits per heavy atom. The molecule has 0 spiro atoms. The lowest BCUT2D eigenvalue weighted by molar-refractivity contribution is 0.0284. The van der Waals surface area contributed by atoms with Gasteiger partial charge in [-0.3, -0.25) is 0 Å². The average Bonchev–Trinajstić information content (AvgIpc) is 1.56. The summed E-state index contributed by atoms with van der Waals surface area (Å²) in [4.78, 5) is 0. The molecule has 0 aliphatic carbocycles. The van der Waals surface area contributed by atoms with E-state index in [9.17, 15) is 5.11 Å². The third-order valence-electron chi connectivity index (χ3n) is 1.81. The van der Waals surface area contributed by atoms with Crippen LogP contribution in [0.3, 0.4) is 0 Å². The van der Waals surface area contributed by atoms with Crippen molar-refractivity contribution in [1.29, 1.82) is 0 Å². The van der Waals surface area contributed by atoms with Crippen LogP contribution >= 0.6 is 0 Å². The summed E-state index contributed by atoms with van der Waals surface area (Å²) in [5.74, 6) is 0. The lowest BCUT2D eigenvalue weighted by atomic mass is 9.79. The largest absolute Gasteiger partial charge is 0.393 e. The number of rotatable bonds is 1. The van der Waals surface area contributed by atoms with Gasteiger partial charge >= 0.3 is 0 Å². The number of hydrogen-bond acceptors (Lipinski definition) is 1. The predicted molar refractivity (Wildman–Crippen MR) is 49.5 cm³/mol. The first-order valence-corrected chi connectivity index (χ1v) is 4.31. The van der Waals surface area contributed by atoms with Gasteiger partial charge in [-0.05, 0) is 17.3 Å². The van der Waals surface area contributed by atoms with Gasteiger partial charge in [0.25, 0.3) is 0 Å². The first-order chi connectivity index (χ1) is 4.63. The summed E-state index contributed by atoms with van der Waals surface area (Å²) < 4.78 is 0. The third kappa shape index (κ3) is 5.25. The van der Waals surface area contributed by atoms with E-state index in [4.69, 9.17) is 0 Å². The van der Waals surface area contributed by atoms with Gasteiger partial charge in [-0.2, -0.15) is 0 Å². The molecule has 0 aromatic heterocycles. The second-order valence-electron chi connectivity index (χ2n) is 5.65. The average molecular weight is 158 g/mol. The van der Waals surface area contributed by atoms with E-state index < -0.39 is 0 Å². The highest BCUT2D eigenvalue weighted by Crippen LogP contribution is 2.29. The molecular weight excluding hydrogens is 136 g/mol. The molecule has 0 amide bonds. The van der Waals surface area contributed by atoms with Crippen LogP contribution in [-0.2, 0) is 0 Å². The Balaban J connectivity index is 3.99. The lowest BCUT2D eigenvalue weighted by Gasteiger charge is -2.31. The summed E-state index contributed by atoms with van der Waals surface area (Å²) in [7, 11) is 0. The SMILES string of the molecule is CC(C)(C)C[C@H](O)C(C)(C)C. The molecular formula is C10H22O. The van der Waals surface area contributed by atoms with Gasteiger partial charge in [0.1, 0.15) is 0 Å². The second kappa shape index (κ2) is 3.14. The minimum Gasteiger partial charge on any atom is -0.393 e. The zero-order valence-electron chi connectivity index (χ0n) is 8.73. The summed E-state index contributed by atoms with van der Waals surface area (Å²) in [6.07, 6.45) is 0.679. The fraction of sp³-hybridized carbons (Fsp3) is 1.00. The Morgan fingerprint density at radius 3 is 1.45 bits per heavy atom. The zero-order valence-corrected chi connectivity index (χ0v) is 8.73. The molecule has 0 aliphatic heterocycles. The summed E-state index contributed by atoms with van der Waals surface area (Å²) in [5.41, 5.74) is 0.250. The molecule has 0 heterocycles. The molecule has 1 nitrogen and oxygen atoms in total. The van der Waals surface area contributed by atoms with E-state index in [0.717, 1.165) is 6.42 Å². The molecule has 68 valence electrons. The second-order valence-corrected chi connectivity index (χ2v) is 5.65. The van der Waals surface area contributed by atoms with Gasteiger partial charge in [0.15, 0.2) is 0 Å². The number of hydrogen-bond donors (Lipinski definition) is 1. The van der Waals surface area contributed by atoms with E-state index in [-0.39, 0.29) is 16.9 Å². The standard InChI is InChI=1S/C10H22O/c1-9(2,3)7-8(11)10(4,5)6/h8,11H,7H2,1-6H3/t8-/m0/s1. The molecule has 0 bridgehead atoms. The van der Waals surface area contributed by atoms with Crippen LogP contribution in [-0.4, -0.2) is 11.2 Å². The van der Waals surface area contributed by atoms with E-state index in [1.807, 2.05) is 0 Å². The molecule has 0 saturated heterocycles. The highest BCUT2D eigenvalue weighted by molar-refractivity contribution is 4.77. The predicted octanol–water partition coefficient (Wildman–Crippen LogP) is 2.83. The van der Waals surface area contributed by atoms with Crippen LogP contribution in [0.4, 0.5) is 0 Å². The number of aliphatic hydroxyl groups excluding tert-OH is 1. The van der Waals surface area contributed by atoms with Crippen molar-refractivity contribution in [2.45, 2.75) is 54.1 Å². The summed E-state index contributed by atoms with van der Waals surface area (Å²) >= 11 is 0. The van der Waals surface area contributed by atoms with E-state index >= 15 is 0 Å². The molecule has 0 rings (SSSR count). The normalized spacial score (nSPS) is 16.6. The van der Waals surface area contributed by atoms with Crippen molar-refractivity contribution < 1.29 is 5.11 Å². The van der Waals surface area contributed by atoms with Crippen LogP contribution < -0.4 is 0 Å². The minimum absolute atomic E-state index is 0.0211. The van der Waals surface area contributed by atoms with Gasteiger partial charge in [-0.15, -0.1) is 0 Å². The fourth-order valence-corrected chi connectivity index (χ4v) is 0.886. The van der Waals surface area contributed by atoms with E-state index in [1.165, 1.54) is 0 Å². The third-order valence-corrected chi connectivity index (χ3v) is 1.81. The summed E-state index contributed by atoms with van der Waals surface area (Å²) in [5, 5.41) is 9.72. The highest BCUT2D eigenvalue weighted by Gasteiger charge is 2.26. The summed E-state index contributed by atoms with van der Waals surface area (Å²) in [6, 6.07) is 0. The monoisotopic (exact) mass is 158 g/mol.